The fraction of sp³-hybridized carbons (Fsp3) is 1.00. The van der Waals surface area contributed by atoms with Crippen LogP contribution in [0.5, 0.6) is 0 Å². The highest BCUT2D eigenvalue weighted by molar-refractivity contribution is 6.65. The molecule has 11 aliphatic rings. The van der Waals surface area contributed by atoms with Crippen LogP contribution in [0.2, 0.25) is 17.5 Å². The molecule has 0 radical (unpaired) electrons. The maximum absolute atomic E-state index is 4.08. The summed E-state index contributed by atoms with van der Waals surface area (Å²) in [6.07, 6.45) is 25.7. The van der Waals surface area contributed by atoms with Gasteiger partial charge >= 0.3 is 0 Å². The fourth-order valence-corrected chi connectivity index (χ4v) is 15.8. The van der Waals surface area contributed by atoms with Gasteiger partial charge in [-0.1, -0.05) is 70.6 Å². The Morgan fingerprint density at radius 2 is 1.05 bits per heavy atom. The lowest BCUT2D eigenvalue weighted by atomic mass is 9.17. The van der Waals surface area contributed by atoms with Crippen molar-refractivity contribution >= 4 is 6.71 Å². The second kappa shape index (κ2) is 9.19. The number of rotatable bonds is 0. The molecule has 11 fully saturated rings. The number of nitrogens with one attached hydrogen (secondary N) is 4. The zero-order chi connectivity index (χ0) is 26.4. The van der Waals surface area contributed by atoms with E-state index in [9.17, 15) is 0 Å². The Morgan fingerprint density at radius 1 is 0.463 bits per heavy atom. The van der Waals surface area contributed by atoms with E-state index in [0.717, 1.165) is 95.7 Å². The maximum Gasteiger partial charge on any atom is 0.157 e. The first kappa shape index (κ1) is 25.1. The molecule has 0 spiro atoms. The third-order valence-corrected chi connectivity index (χ3v) is 16.8. The van der Waals surface area contributed by atoms with Crippen LogP contribution in [0.15, 0.2) is 0 Å². The molecule has 224 valence electrons. The Bertz CT molecular complexity index is 1050. The van der Waals surface area contributed by atoms with Crippen LogP contribution in [0.1, 0.15) is 109 Å². The molecule has 7 saturated carbocycles. The molecule has 0 aromatic rings. The Labute approximate surface area is 248 Å². The number of nitrogens with zero attached hydrogens (tertiary/aromatic N) is 2. The summed E-state index contributed by atoms with van der Waals surface area (Å²) in [5.74, 6) is 10.4. The van der Waals surface area contributed by atoms with E-state index < -0.39 is 0 Å². The van der Waals surface area contributed by atoms with Crippen molar-refractivity contribution in [3.8, 4) is 0 Å². The van der Waals surface area contributed by atoms with Crippen molar-refractivity contribution in [1.82, 2.24) is 31.9 Å². The number of hydrogen-bond donors (Lipinski definition) is 4. The standard InChI is InChI=1S/C34H55BN6/c1-4-10-21-18(7-1)13-14-24-25(21)17-28-29-32(24)41-34-27(16-20-9-3-6-12-23(20)31(34)37-39-41)35(29)26-15-19-8-2-5-11-22(19)30-33(26)40(28)38-36-30/h18-34,36-39H,1-17H2. The summed E-state index contributed by atoms with van der Waals surface area (Å²) in [7, 11) is 0. The van der Waals surface area contributed by atoms with Crippen molar-refractivity contribution in [3.63, 3.8) is 0 Å². The quantitative estimate of drug-likeness (QED) is 0.309. The van der Waals surface area contributed by atoms with Gasteiger partial charge in [-0.2, -0.15) is 11.1 Å². The molecule has 7 heteroatoms. The summed E-state index contributed by atoms with van der Waals surface area (Å²) in [6, 6.07) is 4.38. The largest absolute Gasteiger partial charge is 0.239 e. The molecule has 17 atom stereocenters. The van der Waals surface area contributed by atoms with Gasteiger partial charge in [0.25, 0.3) is 0 Å². The summed E-state index contributed by atoms with van der Waals surface area (Å²) < 4.78 is 0. The fourth-order valence-electron chi connectivity index (χ4n) is 15.8. The second-order valence-corrected chi connectivity index (χ2v) is 17.6. The summed E-state index contributed by atoms with van der Waals surface area (Å²) in [4.78, 5) is 0. The van der Waals surface area contributed by atoms with Crippen molar-refractivity contribution in [2.75, 3.05) is 0 Å². The summed E-state index contributed by atoms with van der Waals surface area (Å²) in [5.41, 5.74) is 16.2. The lowest BCUT2D eigenvalue weighted by Crippen LogP contribution is -2.77. The number of fused-ring (bicyclic) bond motifs is 12. The van der Waals surface area contributed by atoms with Crippen molar-refractivity contribution in [1.29, 1.82) is 0 Å². The summed E-state index contributed by atoms with van der Waals surface area (Å²) in [5, 5.41) is 5.94. The van der Waals surface area contributed by atoms with Crippen LogP contribution in [0.3, 0.4) is 0 Å². The summed E-state index contributed by atoms with van der Waals surface area (Å²) in [6.45, 7) is 0.955. The van der Waals surface area contributed by atoms with Crippen LogP contribution in [-0.2, 0) is 0 Å². The first-order valence-electron chi connectivity index (χ1n) is 18.9. The lowest BCUT2D eigenvalue weighted by Gasteiger charge is -2.69. The minimum absolute atomic E-state index is 0.699. The zero-order valence-electron chi connectivity index (χ0n) is 25.3. The average molecular weight is 559 g/mol. The van der Waals surface area contributed by atoms with Gasteiger partial charge in [-0.15, -0.1) is 0 Å². The van der Waals surface area contributed by atoms with E-state index in [0.29, 0.717) is 12.1 Å². The van der Waals surface area contributed by atoms with Crippen LogP contribution < -0.4 is 21.9 Å². The topological polar surface area (TPSA) is 54.6 Å². The SMILES string of the molecule is C1CCC2C(C1)CCC1C2CC2C3B(C4CC5CCCCC5C5NNN2C45)C2CC4CCCCC4C4NNN(C24)C13. The van der Waals surface area contributed by atoms with Gasteiger partial charge in [-0.25, -0.2) is 20.9 Å². The van der Waals surface area contributed by atoms with Crippen LogP contribution >= 0.6 is 0 Å². The molecule has 4 saturated heterocycles. The van der Waals surface area contributed by atoms with E-state index in [4.69, 9.17) is 0 Å². The first-order chi connectivity index (χ1) is 20.3. The normalized spacial score (nSPS) is 60.6. The molecule has 7 aliphatic carbocycles. The smallest absolute Gasteiger partial charge is 0.157 e. The van der Waals surface area contributed by atoms with Gasteiger partial charge in [-0.3, -0.25) is 0 Å². The van der Waals surface area contributed by atoms with Gasteiger partial charge < -0.3 is 0 Å². The Morgan fingerprint density at radius 3 is 1.76 bits per heavy atom. The number of hydrogen-bond acceptors (Lipinski definition) is 6. The Kier molecular flexibility index (Phi) is 5.62. The van der Waals surface area contributed by atoms with Crippen LogP contribution in [0.4, 0.5) is 0 Å². The molecule has 11 rings (SSSR count). The third-order valence-electron chi connectivity index (χ3n) is 16.8. The van der Waals surface area contributed by atoms with Crippen molar-refractivity contribution < 1.29 is 0 Å². The van der Waals surface area contributed by atoms with E-state index in [1.165, 1.54) is 96.3 Å². The second-order valence-electron chi connectivity index (χ2n) is 17.6. The molecule has 0 bridgehead atoms. The van der Waals surface area contributed by atoms with E-state index >= 15 is 0 Å². The molecule has 17 unspecified atom stereocenters. The molecule has 0 aromatic carbocycles. The Hall–Kier alpha value is -0.175. The molecular weight excluding hydrogens is 503 g/mol. The van der Waals surface area contributed by atoms with Gasteiger partial charge in [0.05, 0.1) is 0 Å². The van der Waals surface area contributed by atoms with Crippen molar-refractivity contribution in [2.24, 2.45) is 47.3 Å². The van der Waals surface area contributed by atoms with E-state index in [1.807, 2.05) is 0 Å². The van der Waals surface area contributed by atoms with E-state index in [-0.39, 0.29) is 0 Å². The Balaban J connectivity index is 1.05. The highest BCUT2D eigenvalue weighted by Gasteiger charge is 2.72. The third kappa shape index (κ3) is 3.28. The molecule has 4 N–H and O–H groups in total. The molecule has 0 aromatic heterocycles. The van der Waals surface area contributed by atoms with Crippen molar-refractivity contribution in [3.05, 3.63) is 0 Å². The molecule has 6 nitrogen and oxygen atoms in total. The van der Waals surface area contributed by atoms with Gasteiger partial charge in [0.1, 0.15) is 0 Å². The van der Waals surface area contributed by atoms with Crippen LogP contribution in [0, 0.1) is 47.3 Å². The first-order valence-corrected chi connectivity index (χ1v) is 18.9. The van der Waals surface area contributed by atoms with Crippen LogP contribution in [0.25, 0.3) is 0 Å². The van der Waals surface area contributed by atoms with Crippen LogP contribution in [-0.4, -0.2) is 53.0 Å². The predicted molar refractivity (Wildman–Crippen MR) is 162 cm³/mol. The lowest BCUT2D eigenvalue weighted by molar-refractivity contribution is -0.107. The molecule has 4 aliphatic heterocycles. The highest BCUT2D eigenvalue weighted by Crippen LogP contribution is 2.67. The minimum Gasteiger partial charge on any atom is -0.239 e. The minimum atomic E-state index is 0.699. The maximum atomic E-state index is 4.08. The highest BCUT2D eigenvalue weighted by atomic mass is 15.8. The molecular formula is C34H55BN6. The molecule has 41 heavy (non-hydrogen) atoms. The van der Waals surface area contributed by atoms with Gasteiger partial charge in [-0.05, 0) is 103 Å². The average Bonchev–Trinajstić information content (AvgIpc) is 3.67. The summed E-state index contributed by atoms with van der Waals surface area (Å²) >= 11 is 0. The van der Waals surface area contributed by atoms with Gasteiger partial charge in [0, 0.05) is 36.3 Å². The van der Waals surface area contributed by atoms with Gasteiger partial charge in [0.15, 0.2) is 6.71 Å². The zero-order valence-corrected chi connectivity index (χ0v) is 25.3. The number of hydrazine groups is 4. The molecule has 4 heterocycles. The van der Waals surface area contributed by atoms with Crippen molar-refractivity contribution in [2.45, 2.75) is 163 Å². The van der Waals surface area contributed by atoms with E-state index in [1.54, 1.807) is 12.8 Å². The van der Waals surface area contributed by atoms with E-state index in [2.05, 4.69) is 31.9 Å². The predicted octanol–water partition coefficient (Wildman–Crippen LogP) is 5.14. The molecule has 0 amide bonds. The monoisotopic (exact) mass is 558 g/mol. The van der Waals surface area contributed by atoms with Gasteiger partial charge in [0.2, 0.25) is 0 Å².